The first-order chi connectivity index (χ1) is 23.8. The molecule has 0 spiro atoms. The fourth-order valence-electron chi connectivity index (χ4n) is 6.84. The SMILES string of the molecule is c1ccc(N(c2ccc(-c3ccc(-c4cccc(-c5cccc6c5oc5ccccc56)c4)cc3)cc2)c2ccc3ccccc3c2)cc1. The van der Waals surface area contributed by atoms with Crippen LogP contribution in [0.15, 0.2) is 192 Å². The minimum atomic E-state index is 0.918. The van der Waals surface area contributed by atoms with E-state index in [4.69, 9.17) is 4.42 Å². The fourth-order valence-corrected chi connectivity index (χ4v) is 6.84. The van der Waals surface area contributed by atoms with Crippen molar-refractivity contribution in [2.45, 2.75) is 0 Å². The molecule has 0 aliphatic carbocycles. The van der Waals surface area contributed by atoms with Crippen LogP contribution in [-0.4, -0.2) is 0 Å². The van der Waals surface area contributed by atoms with Gasteiger partial charge in [0.15, 0.2) is 0 Å². The number of rotatable bonds is 6. The molecule has 0 amide bonds. The summed E-state index contributed by atoms with van der Waals surface area (Å²) in [5.41, 5.74) is 12.2. The number of furan rings is 1. The highest BCUT2D eigenvalue weighted by Gasteiger charge is 2.14. The summed E-state index contributed by atoms with van der Waals surface area (Å²) >= 11 is 0. The molecule has 0 bridgehead atoms. The van der Waals surface area contributed by atoms with E-state index in [-0.39, 0.29) is 0 Å². The molecule has 2 nitrogen and oxygen atoms in total. The Balaban J connectivity index is 1.01. The van der Waals surface area contributed by atoms with E-state index in [1.165, 1.54) is 33.0 Å². The summed E-state index contributed by atoms with van der Waals surface area (Å²) in [5, 5.41) is 4.76. The zero-order valence-corrected chi connectivity index (χ0v) is 26.3. The van der Waals surface area contributed by atoms with Gasteiger partial charge in [-0.2, -0.15) is 0 Å². The van der Waals surface area contributed by atoms with Gasteiger partial charge in [0.05, 0.1) is 0 Å². The van der Waals surface area contributed by atoms with Crippen molar-refractivity contribution in [1.82, 2.24) is 0 Å². The average Bonchev–Trinajstić information content (AvgIpc) is 3.55. The van der Waals surface area contributed by atoms with Crippen molar-refractivity contribution >= 4 is 49.8 Å². The molecule has 0 atom stereocenters. The van der Waals surface area contributed by atoms with Crippen LogP contribution < -0.4 is 4.90 Å². The Labute approximate surface area is 279 Å². The lowest BCUT2D eigenvalue weighted by atomic mass is 9.96. The van der Waals surface area contributed by atoms with Gasteiger partial charge in [-0.1, -0.05) is 140 Å². The van der Waals surface area contributed by atoms with Crippen molar-refractivity contribution < 1.29 is 4.42 Å². The van der Waals surface area contributed by atoms with Crippen LogP contribution >= 0.6 is 0 Å². The summed E-state index contributed by atoms with van der Waals surface area (Å²) in [4.78, 5) is 2.32. The molecule has 9 aromatic rings. The minimum absolute atomic E-state index is 0.918. The minimum Gasteiger partial charge on any atom is -0.455 e. The number of benzene rings is 8. The van der Waals surface area contributed by atoms with E-state index < -0.39 is 0 Å². The van der Waals surface area contributed by atoms with Crippen molar-refractivity contribution in [2.75, 3.05) is 4.90 Å². The Bertz CT molecular complexity index is 2540. The highest BCUT2D eigenvalue weighted by molar-refractivity contribution is 6.09. The van der Waals surface area contributed by atoms with Crippen LogP contribution in [0.25, 0.3) is 66.1 Å². The van der Waals surface area contributed by atoms with Crippen molar-refractivity contribution in [3.05, 3.63) is 188 Å². The van der Waals surface area contributed by atoms with Gasteiger partial charge in [-0.25, -0.2) is 0 Å². The van der Waals surface area contributed by atoms with Gasteiger partial charge in [-0.3, -0.25) is 0 Å². The molecule has 0 fully saturated rings. The molecule has 48 heavy (non-hydrogen) atoms. The zero-order valence-electron chi connectivity index (χ0n) is 26.3. The van der Waals surface area contributed by atoms with Gasteiger partial charge >= 0.3 is 0 Å². The smallest absolute Gasteiger partial charge is 0.143 e. The Morgan fingerprint density at radius 3 is 1.73 bits per heavy atom. The topological polar surface area (TPSA) is 16.4 Å². The van der Waals surface area contributed by atoms with Gasteiger partial charge in [0.25, 0.3) is 0 Å². The molecule has 0 aliphatic heterocycles. The molecule has 0 unspecified atom stereocenters. The normalized spacial score (nSPS) is 11.3. The lowest BCUT2D eigenvalue weighted by Gasteiger charge is -2.26. The summed E-state index contributed by atoms with van der Waals surface area (Å²) in [7, 11) is 0. The van der Waals surface area contributed by atoms with E-state index >= 15 is 0 Å². The predicted octanol–water partition coefficient (Wildman–Crippen LogP) is 13.2. The molecule has 8 aromatic carbocycles. The van der Waals surface area contributed by atoms with Gasteiger partial charge in [-0.15, -0.1) is 0 Å². The maximum absolute atomic E-state index is 6.34. The molecule has 0 radical (unpaired) electrons. The first-order valence-corrected chi connectivity index (χ1v) is 16.3. The van der Waals surface area contributed by atoms with Gasteiger partial charge in [-0.05, 0) is 87.1 Å². The third-order valence-electron chi connectivity index (χ3n) is 9.26. The van der Waals surface area contributed by atoms with Gasteiger partial charge in [0.2, 0.25) is 0 Å². The van der Waals surface area contributed by atoms with Gasteiger partial charge in [0, 0.05) is 33.4 Å². The largest absolute Gasteiger partial charge is 0.455 e. The second-order valence-corrected chi connectivity index (χ2v) is 12.2. The first kappa shape index (κ1) is 27.9. The maximum Gasteiger partial charge on any atom is 0.143 e. The second kappa shape index (κ2) is 11.8. The highest BCUT2D eigenvalue weighted by Crippen LogP contribution is 2.39. The molecule has 0 aliphatic rings. The molecule has 1 aromatic heterocycles. The number of nitrogens with zero attached hydrogens (tertiary/aromatic N) is 1. The molecule has 1 heterocycles. The summed E-state index contributed by atoms with van der Waals surface area (Å²) in [6.45, 7) is 0. The van der Waals surface area contributed by atoms with Crippen molar-refractivity contribution in [1.29, 1.82) is 0 Å². The third kappa shape index (κ3) is 5.01. The van der Waals surface area contributed by atoms with Gasteiger partial charge in [0.1, 0.15) is 11.2 Å². The van der Waals surface area contributed by atoms with E-state index in [2.05, 4.69) is 181 Å². The molecule has 0 saturated heterocycles. The maximum atomic E-state index is 6.34. The Hall–Kier alpha value is -6.38. The standard InChI is InChI=1S/C46H31NO/c1-2-14-39(15-3-1)47(41-29-26-32-10-4-5-11-37(32)31-41)40-27-24-34(25-28-40)33-20-22-35(23-21-33)36-12-8-13-38(30-36)42-17-9-18-44-43-16-6-7-19-45(43)48-46(42)44/h1-31H. The van der Waals surface area contributed by atoms with Gasteiger partial charge < -0.3 is 9.32 Å². The zero-order chi connectivity index (χ0) is 31.9. The quantitative estimate of drug-likeness (QED) is 0.185. The number of anilines is 3. The van der Waals surface area contributed by atoms with Crippen LogP contribution in [0.1, 0.15) is 0 Å². The second-order valence-electron chi connectivity index (χ2n) is 12.2. The fraction of sp³-hybridized carbons (Fsp3) is 0. The molecule has 2 heteroatoms. The highest BCUT2D eigenvalue weighted by atomic mass is 16.3. The number of fused-ring (bicyclic) bond motifs is 4. The summed E-state index contributed by atoms with van der Waals surface area (Å²) in [6.07, 6.45) is 0. The Kier molecular flexibility index (Phi) is 6.84. The van der Waals surface area contributed by atoms with Crippen molar-refractivity contribution in [3.63, 3.8) is 0 Å². The van der Waals surface area contributed by atoms with E-state index in [0.29, 0.717) is 0 Å². The number of para-hydroxylation sites is 3. The van der Waals surface area contributed by atoms with Crippen LogP contribution in [-0.2, 0) is 0 Å². The van der Waals surface area contributed by atoms with Crippen LogP contribution in [0.4, 0.5) is 17.1 Å². The van der Waals surface area contributed by atoms with E-state index in [1.54, 1.807) is 0 Å². The van der Waals surface area contributed by atoms with E-state index in [9.17, 15) is 0 Å². The molecular weight excluding hydrogens is 583 g/mol. The summed E-state index contributed by atoms with van der Waals surface area (Å²) < 4.78 is 6.34. The number of hydrogen-bond donors (Lipinski definition) is 0. The van der Waals surface area contributed by atoms with Crippen LogP contribution in [0.2, 0.25) is 0 Å². The summed E-state index contributed by atoms with van der Waals surface area (Å²) in [6, 6.07) is 66.9. The molecular formula is C46H31NO. The number of hydrogen-bond acceptors (Lipinski definition) is 2. The van der Waals surface area contributed by atoms with Crippen molar-refractivity contribution in [2.24, 2.45) is 0 Å². The monoisotopic (exact) mass is 613 g/mol. The lowest BCUT2D eigenvalue weighted by molar-refractivity contribution is 0.670. The lowest BCUT2D eigenvalue weighted by Crippen LogP contribution is -2.09. The third-order valence-corrected chi connectivity index (χ3v) is 9.26. The first-order valence-electron chi connectivity index (χ1n) is 16.3. The molecule has 0 N–H and O–H groups in total. The Morgan fingerprint density at radius 1 is 0.333 bits per heavy atom. The summed E-state index contributed by atoms with van der Waals surface area (Å²) in [5.74, 6) is 0. The Morgan fingerprint density at radius 2 is 0.917 bits per heavy atom. The van der Waals surface area contributed by atoms with Crippen LogP contribution in [0.5, 0.6) is 0 Å². The molecule has 0 saturated carbocycles. The molecule has 9 rings (SSSR count). The van der Waals surface area contributed by atoms with Crippen molar-refractivity contribution in [3.8, 4) is 33.4 Å². The predicted molar refractivity (Wildman–Crippen MR) is 202 cm³/mol. The average molecular weight is 614 g/mol. The van der Waals surface area contributed by atoms with Crippen LogP contribution in [0, 0.1) is 0 Å². The van der Waals surface area contributed by atoms with Crippen LogP contribution in [0.3, 0.4) is 0 Å². The van der Waals surface area contributed by atoms with E-state index in [1.807, 2.05) is 12.1 Å². The molecule has 226 valence electrons. The van der Waals surface area contributed by atoms with E-state index in [0.717, 1.165) is 50.1 Å².